The zero-order valence-electron chi connectivity index (χ0n) is 18.5. The molecule has 0 aliphatic carbocycles. The number of aromatic hydroxyl groups is 2. The highest BCUT2D eigenvalue weighted by molar-refractivity contribution is 6.05. The van der Waals surface area contributed by atoms with Crippen molar-refractivity contribution in [2.75, 3.05) is 0 Å². The molecule has 5 aromatic rings. The van der Waals surface area contributed by atoms with Gasteiger partial charge in [-0.2, -0.15) is 0 Å². The molecule has 0 saturated heterocycles. The van der Waals surface area contributed by atoms with Crippen molar-refractivity contribution in [1.29, 1.82) is 0 Å². The molecule has 37 heavy (non-hydrogen) atoms. The zero-order valence-corrected chi connectivity index (χ0v) is 18.5. The molecule has 0 unspecified atom stereocenters. The smallest absolute Gasteiger partial charge is 0.344 e. The molecule has 0 bridgehead atoms. The van der Waals surface area contributed by atoms with Gasteiger partial charge in [0, 0.05) is 46.4 Å². The molecule has 0 fully saturated rings. The second kappa shape index (κ2) is 8.02. The Morgan fingerprint density at radius 1 is 0.757 bits per heavy atom. The average Bonchev–Trinajstić information content (AvgIpc) is 2.80. The summed E-state index contributed by atoms with van der Waals surface area (Å²) >= 11 is 0. The third kappa shape index (κ3) is 3.64. The number of phenolic OH excluding ortho intramolecular Hbond substituents is 2. The molecule has 0 amide bonds. The summed E-state index contributed by atoms with van der Waals surface area (Å²) in [5.41, 5.74) is -1.60. The third-order valence-corrected chi connectivity index (χ3v) is 5.76. The van der Waals surface area contributed by atoms with Crippen LogP contribution in [0.3, 0.4) is 0 Å². The number of benzene rings is 2. The molecule has 10 heteroatoms. The summed E-state index contributed by atoms with van der Waals surface area (Å²) in [4.78, 5) is 37.2. The minimum atomic E-state index is -0.734. The predicted octanol–water partition coefficient (Wildman–Crippen LogP) is 2.24. The Balaban J connectivity index is 1.44. The van der Waals surface area contributed by atoms with Crippen molar-refractivity contribution in [2.45, 2.75) is 0 Å². The standard InChI is InChI=1S/C27H14O10/c28-12-6-18-24-16(10-22(30)34-18)14(26(32)36-20(24)8-12)4-2-1-3-5-15-17-11-23(31)35-19-7-13(29)9-21(25(17)19)37-27(15)33/h1-11,28-30H/p-1/b3-1+,4-2+,15-5-. The van der Waals surface area contributed by atoms with Crippen LogP contribution < -0.4 is 31.9 Å². The summed E-state index contributed by atoms with van der Waals surface area (Å²) in [7, 11) is 0. The van der Waals surface area contributed by atoms with Crippen LogP contribution >= 0.6 is 0 Å². The van der Waals surface area contributed by atoms with Gasteiger partial charge in [-0.3, -0.25) is 0 Å². The first-order chi connectivity index (χ1) is 17.8. The summed E-state index contributed by atoms with van der Waals surface area (Å²) in [6, 6.07) is 6.16. The molecule has 1 aliphatic heterocycles. The maximum atomic E-state index is 12.6. The number of hydrogen-bond acceptors (Lipinski definition) is 10. The van der Waals surface area contributed by atoms with Crippen LogP contribution in [0, 0.1) is 0 Å². The second-order valence-corrected chi connectivity index (χ2v) is 8.11. The summed E-state index contributed by atoms with van der Waals surface area (Å²) in [5.74, 6) is -1.08. The summed E-state index contributed by atoms with van der Waals surface area (Å²) in [6.45, 7) is 0. The highest BCUT2D eigenvalue weighted by Crippen LogP contribution is 2.38. The molecule has 0 radical (unpaired) electrons. The van der Waals surface area contributed by atoms with Gasteiger partial charge in [0.05, 0.1) is 22.1 Å². The van der Waals surface area contributed by atoms with Crippen molar-refractivity contribution < 1.29 is 33.3 Å². The third-order valence-electron chi connectivity index (χ3n) is 5.76. The molecule has 0 saturated carbocycles. The van der Waals surface area contributed by atoms with E-state index in [0.29, 0.717) is 10.8 Å². The lowest BCUT2D eigenvalue weighted by atomic mass is 10.0. The normalized spacial score (nSPS) is 13.8. The van der Waals surface area contributed by atoms with Crippen molar-refractivity contribution in [2.24, 2.45) is 0 Å². The quantitative estimate of drug-likeness (QED) is 0.279. The Morgan fingerprint density at radius 2 is 1.43 bits per heavy atom. The lowest BCUT2D eigenvalue weighted by Crippen LogP contribution is -2.24. The lowest BCUT2D eigenvalue weighted by molar-refractivity contribution is -0.339. The molecule has 182 valence electrons. The Kier molecular flexibility index (Phi) is 4.77. The monoisotopic (exact) mass is 497 g/mol. The van der Waals surface area contributed by atoms with Gasteiger partial charge in [-0.1, -0.05) is 18.2 Å². The molecule has 1 aliphatic rings. The number of hydrogen-bond donors (Lipinski definition) is 2. The first kappa shape index (κ1) is 22.0. The van der Waals surface area contributed by atoms with Crippen molar-refractivity contribution in [1.82, 2.24) is 0 Å². The van der Waals surface area contributed by atoms with Gasteiger partial charge in [0.1, 0.15) is 28.2 Å². The van der Waals surface area contributed by atoms with E-state index in [2.05, 4.69) is 0 Å². The Hall–Kier alpha value is -5.51. The fourth-order valence-corrected chi connectivity index (χ4v) is 4.30. The Labute approximate surface area is 204 Å². The van der Waals surface area contributed by atoms with E-state index in [-0.39, 0.29) is 55.7 Å². The molecular weight excluding hydrogens is 484 g/mol. The van der Waals surface area contributed by atoms with Crippen LogP contribution in [-0.4, -0.2) is 10.2 Å². The fraction of sp³-hybridized carbons (Fsp3) is 0. The fourth-order valence-electron chi connectivity index (χ4n) is 4.30. The minimum Gasteiger partial charge on any atom is -0.579 e. The molecule has 0 spiro atoms. The average molecular weight is 497 g/mol. The second-order valence-electron chi connectivity index (χ2n) is 8.11. The van der Waals surface area contributed by atoms with Crippen LogP contribution in [0.2, 0.25) is 0 Å². The van der Waals surface area contributed by atoms with Gasteiger partial charge >= 0.3 is 16.9 Å². The van der Waals surface area contributed by atoms with Gasteiger partial charge in [-0.05, 0) is 24.3 Å². The first-order valence-corrected chi connectivity index (χ1v) is 10.8. The van der Waals surface area contributed by atoms with Crippen molar-refractivity contribution in [3.8, 4) is 17.2 Å². The predicted molar refractivity (Wildman–Crippen MR) is 131 cm³/mol. The minimum absolute atomic E-state index is 0.0687. The summed E-state index contributed by atoms with van der Waals surface area (Å²) in [5, 5.41) is 32.7. The van der Waals surface area contributed by atoms with Crippen molar-refractivity contribution in [3.63, 3.8) is 0 Å². The topological polar surface area (TPSA) is 163 Å². The molecular formula is C27H13O10-. The number of ether oxygens (including phenoxy) is 1. The van der Waals surface area contributed by atoms with E-state index in [1.807, 2.05) is 0 Å². The van der Waals surface area contributed by atoms with Crippen LogP contribution in [0.15, 0.2) is 82.1 Å². The Morgan fingerprint density at radius 3 is 2.22 bits per heavy atom. The molecule has 0 atom stereocenters. The van der Waals surface area contributed by atoms with E-state index < -0.39 is 22.8 Å². The highest BCUT2D eigenvalue weighted by Gasteiger charge is 2.18. The number of allylic oxidation sites excluding steroid dienone is 3. The highest BCUT2D eigenvalue weighted by atomic mass is 16.6. The van der Waals surface area contributed by atoms with E-state index in [1.54, 1.807) is 0 Å². The van der Waals surface area contributed by atoms with E-state index in [1.165, 1.54) is 54.6 Å². The van der Waals surface area contributed by atoms with Crippen LogP contribution in [0.4, 0.5) is 0 Å². The van der Waals surface area contributed by atoms with Gasteiger partial charge < -0.3 is 33.3 Å². The number of phenols is 2. The van der Waals surface area contributed by atoms with E-state index in [4.69, 9.17) is 18.0 Å². The van der Waals surface area contributed by atoms with Crippen molar-refractivity contribution >= 4 is 51.1 Å². The molecule has 4 heterocycles. The molecule has 2 aromatic carbocycles. The molecule has 2 N–H and O–H groups in total. The SMILES string of the molecule is O=c1cc2/c(=C/C=C/C=C/c3c4c5c(cc(O)cc5oc3=O)OC([O-])=C4)c(=O)oc3cc(O)cc(o1)c32. The van der Waals surface area contributed by atoms with Crippen LogP contribution in [0.1, 0.15) is 11.1 Å². The zero-order chi connectivity index (χ0) is 25.8. The first-order valence-electron chi connectivity index (χ1n) is 10.8. The van der Waals surface area contributed by atoms with Crippen molar-refractivity contribution in [3.05, 3.63) is 102 Å². The van der Waals surface area contributed by atoms with Gasteiger partial charge in [-0.25, -0.2) is 14.4 Å². The summed E-state index contributed by atoms with van der Waals surface area (Å²) in [6.07, 6.45) is 8.52. The van der Waals surface area contributed by atoms with Crippen LogP contribution in [0.25, 0.3) is 51.1 Å². The van der Waals surface area contributed by atoms with E-state index >= 15 is 0 Å². The molecule has 10 nitrogen and oxygen atoms in total. The van der Waals surface area contributed by atoms with E-state index in [9.17, 15) is 29.7 Å². The van der Waals surface area contributed by atoms with Crippen LogP contribution in [0.5, 0.6) is 17.2 Å². The number of rotatable bonds is 3. The molecule has 6 rings (SSSR count). The van der Waals surface area contributed by atoms with Gasteiger partial charge in [0.25, 0.3) is 0 Å². The summed E-state index contributed by atoms with van der Waals surface area (Å²) < 4.78 is 20.8. The molecule has 3 aromatic heterocycles. The van der Waals surface area contributed by atoms with Crippen LogP contribution in [-0.2, 0) is 0 Å². The van der Waals surface area contributed by atoms with Gasteiger partial charge in [-0.15, -0.1) is 0 Å². The Bertz CT molecular complexity index is 2080. The van der Waals surface area contributed by atoms with E-state index in [0.717, 1.165) is 12.1 Å². The maximum absolute atomic E-state index is 12.6. The van der Waals surface area contributed by atoms with Gasteiger partial charge in [0.15, 0.2) is 0 Å². The lowest BCUT2D eigenvalue weighted by Gasteiger charge is -2.24. The van der Waals surface area contributed by atoms with Gasteiger partial charge in [0.2, 0.25) is 0 Å². The largest absolute Gasteiger partial charge is 0.579 e. The maximum Gasteiger partial charge on any atom is 0.344 e.